The number of rotatable bonds is 5. The molecule has 1 saturated carbocycles. The van der Waals surface area contributed by atoms with E-state index in [9.17, 15) is 8.42 Å². The van der Waals surface area contributed by atoms with Gasteiger partial charge in [-0.15, -0.1) is 0 Å². The van der Waals surface area contributed by atoms with Crippen LogP contribution in [0.25, 0.3) is 11.5 Å². The lowest BCUT2D eigenvalue weighted by molar-refractivity contribution is 0.576. The fourth-order valence-electron chi connectivity index (χ4n) is 2.65. The van der Waals surface area contributed by atoms with Crippen molar-refractivity contribution in [1.82, 2.24) is 4.98 Å². The van der Waals surface area contributed by atoms with Crippen LogP contribution >= 0.6 is 11.6 Å². The molecule has 0 saturated heterocycles. The number of nitrogens with one attached hydrogen (secondary N) is 1. The molecule has 26 heavy (non-hydrogen) atoms. The first kappa shape index (κ1) is 17.1. The summed E-state index contributed by atoms with van der Waals surface area (Å²) in [5, 5.41) is 3.53. The van der Waals surface area contributed by atoms with Gasteiger partial charge in [-0.25, -0.2) is 8.42 Å². The first-order chi connectivity index (χ1) is 12.4. The fraction of sp³-hybridized carbons (Fsp3) is 0.211. The van der Waals surface area contributed by atoms with Crippen molar-refractivity contribution in [1.29, 1.82) is 0 Å². The van der Waals surface area contributed by atoms with Gasteiger partial charge in [-0.3, -0.25) is 0 Å². The highest BCUT2D eigenvalue weighted by atomic mass is 35.5. The quantitative estimate of drug-likeness (QED) is 0.685. The Morgan fingerprint density at radius 1 is 1.12 bits per heavy atom. The van der Waals surface area contributed by atoms with Crippen LogP contribution in [0, 0.1) is 6.92 Å². The maximum Gasteiger partial charge on any atom is 0.234 e. The van der Waals surface area contributed by atoms with Crippen molar-refractivity contribution in [2.24, 2.45) is 0 Å². The molecule has 5 nitrogen and oxygen atoms in total. The summed E-state index contributed by atoms with van der Waals surface area (Å²) in [6.45, 7) is 1.93. The number of sulfone groups is 1. The lowest BCUT2D eigenvalue weighted by atomic mass is 10.1. The lowest BCUT2D eigenvalue weighted by Crippen LogP contribution is -2.08. The third-order valence-electron chi connectivity index (χ3n) is 4.26. The van der Waals surface area contributed by atoms with E-state index in [1.165, 1.54) is 12.1 Å². The molecule has 1 aliphatic rings. The second-order valence-electron chi connectivity index (χ2n) is 6.34. The van der Waals surface area contributed by atoms with E-state index < -0.39 is 9.84 Å². The van der Waals surface area contributed by atoms with Gasteiger partial charge < -0.3 is 9.73 Å². The molecule has 0 unspecified atom stereocenters. The number of anilines is 1. The molecule has 0 aliphatic heterocycles. The molecule has 3 aromatic rings. The van der Waals surface area contributed by atoms with Crippen LogP contribution in [-0.2, 0) is 9.84 Å². The van der Waals surface area contributed by atoms with Crippen LogP contribution in [-0.4, -0.2) is 19.4 Å². The predicted octanol–water partition coefficient (Wildman–Crippen LogP) is 4.71. The summed E-state index contributed by atoms with van der Waals surface area (Å²) in [5.74, 6) is 0.486. The molecule has 1 N–H and O–H groups in total. The van der Waals surface area contributed by atoms with Crippen molar-refractivity contribution < 1.29 is 12.8 Å². The lowest BCUT2D eigenvalue weighted by Gasteiger charge is -2.04. The van der Waals surface area contributed by atoms with Gasteiger partial charge in [-0.2, -0.15) is 4.98 Å². The van der Waals surface area contributed by atoms with Gasteiger partial charge in [-0.1, -0.05) is 29.8 Å². The number of aryl methyl sites for hydroxylation is 1. The number of nitrogens with zero attached hydrogens (tertiary/aromatic N) is 1. The van der Waals surface area contributed by atoms with Crippen LogP contribution in [0.15, 0.2) is 62.9 Å². The first-order valence-corrected chi connectivity index (χ1v) is 10.2. The fourth-order valence-corrected chi connectivity index (χ4v) is 4.04. The Balaban J connectivity index is 1.83. The summed E-state index contributed by atoms with van der Waals surface area (Å²) in [6, 6.07) is 13.8. The molecule has 1 heterocycles. The van der Waals surface area contributed by atoms with E-state index in [4.69, 9.17) is 16.0 Å². The molecule has 1 aliphatic carbocycles. The highest BCUT2D eigenvalue weighted by molar-refractivity contribution is 7.91. The van der Waals surface area contributed by atoms with Gasteiger partial charge in [0, 0.05) is 16.6 Å². The number of hydrogen-bond acceptors (Lipinski definition) is 5. The Morgan fingerprint density at radius 3 is 2.46 bits per heavy atom. The predicted molar refractivity (Wildman–Crippen MR) is 100 cm³/mol. The maximum atomic E-state index is 13.1. The minimum absolute atomic E-state index is 0.0926. The minimum Gasteiger partial charge on any atom is -0.419 e. The van der Waals surface area contributed by atoms with E-state index in [1.807, 2.05) is 31.2 Å². The molecule has 1 aromatic heterocycles. The summed E-state index contributed by atoms with van der Waals surface area (Å²) < 4.78 is 32.0. The molecule has 0 atom stereocenters. The Labute approximate surface area is 156 Å². The summed E-state index contributed by atoms with van der Waals surface area (Å²) >= 11 is 5.88. The number of hydrogen-bond donors (Lipinski definition) is 1. The molecule has 0 bridgehead atoms. The molecule has 0 radical (unpaired) electrons. The van der Waals surface area contributed by atoms with E-state index in [1.54, 1.807) is 12.1 Å². The van der Waals surface area contributed by atoms with Gasteiger partial charge in [0.05, 0.1) is 4.90 Å². The van der Waals surface area contributed by atoms with Gasteiger partial charge in [-0.05, 0) is 55.7 Å². The SMILES string of the molecule is Cc1ccccc1-c1nc(S(=O)(=O)c2ccc(Cl)cc2)c(NC2CC2)o1. The van der Waals surface area contributed by atoms with E-state index in [-0.39, 0.29) is 21.8 Å². The summed E-state index contributed by atoms with van der Waals surface area (Å²) in [7, 11) is -3.83. The number of oxazole rings is 1. The smallest absolute Gasteiger partial charge is 0.234 e. The van der Waals surface area contributed by atoms with E-state index in [0.717, 1.165) is 24.0 Å². The average molecular weight is 389 g/mol. The van der Waals surface area contributed by atoms with Crippen LogP contribution < -0.4 is 5.32 Å². The molecule has 4 rings (SSSR count). The van der Waals surface area contributed by atoms with E-state index >= 15 is 0 Å². The minimum atomic E-state index is -3.83. The average Bonchev–Trinajstić information content (AvgIpc) is 3.32. The molecule has 0 amide bonds. The summed E-state index contributed by atoms with van der Waals surface area (Å²) in [4.78, 5) is 4.47. The monoisotopic (exact) mass is 388 g/mol. The Hall–Kier alpha value is -2.31. The third kappa shape index (κ3) is 3.22. The zero-order chi connectivity index (χ0) is 18.3. The number of aromatic nitrogens is 1. The van der Waals surface area contributed by atoms with Gasteiger partial charge in [0.1, 0.15) is 0 Å². The van der Waals surface area contributed by atoms with E-state index in [2.05, 4.69) is 10.3 Å². The van der Waals surface area contributed by atoms with Crippen molar-refractivity contribution in [3.8, 4) is 11.5 Å². The second kappa shape index (κ2) is 6.45. The van der Waals surface area contributed by atoms with Crippen LogP contribution in [0.2, 0.25) is 5.02 Å². The van der Waals surface area contributed by atoms with Crippen LogP contribution in [0.1, 0.15) is 18.4 Å². The number of benzene rings is 2. The van der Waals surface area contributed by atoms with Crippen molar-refractivity contribution in [2.45, 2.75) is 35.7 Å². The van der Waals surface area contributed by atoms with Gasteiger partial charge in [0.2, 0.25) is 26.6 Å². The Bertz CT molecular complexity index is 1050. The van der Waals surface area contributed by atoms with Crippen molar-refractivity contribution in [2.75, 3.05) is 5.32 Å². The topological polar surface area (TPSA) is 72.2 Å². The van der Waals surface area contributed by atoms with Crippen LogP contribution in [0.4, 0.5) is 5.88 Å². The van der Waals surface area contributed by atoms with E-state index in [0.29, 0.717) is 10.9 Å². The summed E-state index contributed by atoms with van der Waals surface area (Å²) in [6.07, 6.45) is 1.97. The molecule has 0 spiro atoms. The highest BCUT2D eigenvalue weighted by Gasteiger charge is 2.32. The highest BCUT2D eigenvalue weighted by Crippen LogP contribution is 2.36. The second-order valence-corrected chi connectivity index (χ2v) is 8.65. The molecular weight excluding hydrogens is 372 g/mol. The zero-order valence-corrected chi connectivity index (χ0v) is 15.6. The van der Waals surface area contributed by atoms with Crippen molar-refractivity contribution >= 4 is 27.3 Å². The first-order valence-electron chi connectivity index (χ1n) is 8.29. The van der Waals surface area contributed by atoms with Gasteiger partial charge in [0.15, 0.2) is 0 Å². The molecule has 1 fully saturated rings. The molecule has 2 aromatic carbocycles. The van der Waals surface area contributed by atoms with Gasteiger partial charge >= 0.3 is 0 Å². The molecule has 7 heteroatoms. The Morgan fingerprint density at radius 2 is 1.81 bits per heavy atom. The molecular formula is C19H17ClN2O3S. The summed E-state index contributed by atoms with van der Waals surface area (Å²) in [5.41, 5.74) is 1.73. The van der Waals surface area contributed by atoms with Crippen molar-refractivity contribution in [3.63, 3.8) is 0 Å². The molecule has 134 valence electrons. The maximum absolute atomic E-state index is 13.1. The Kier molecular flexibility index (Phi) is 4.25. The standard InChI is InChI=1S/C19H17ClN2O3S/c1-12-4-2-3-5-16(12)17-22-19(18(25-17)21-14-8-9-14)26(23,24)15-10-6-13(20)7-11-15/h2-7,10-11,14,21H,8-9H2,1H3. The normalized spacial score (nSPS) is 14.4. The zero-order valence-electron chi connectivity index (χ0n) is 14.1. The van der Waals surface area contributed by atoms with Gasteiger partial charge in [0.25, 0.3) is 0 Å². The van der Waals surface area contributed by atoms with Crippen LogP contribution in [0.5, 0.6) is 0 Å². The van der Waals surface area contributed by atoms with Crippen molar-refractivity contribution in [3.05, 3.63) is 59.1 Å². The number of halogens is 1. The third-order valence-corrected chi connectivity index (χ3v) is 6.19. The largest absolute Gasteiger partial charge is 0.419 e. The van der Waals surface area contributed by atoms with Crippen LogP contribution in [0.3, 0.4) is 0 Å².